The van der Waals surface area contributed by atoms with Gasteiger partial charge < -0.3 is 9.47 Å². The molecule has 1 saturated carbocycles. The average Bonchev–Trinajstić information content (AvgIpc) is 2.15. The first-order valence-corrected chi connectivity index (χ1v) is 7.38. The SMILES string of the molecule is CC1CCC(OC(C)(C)C)[C@@H](COC(C)(C)C)C1. The molecule has 0 aromatic carbocycles. The van der Waals surface area contributed by atoms with Crippen molar-refractivity contribution in [1.82, 2.24) is 0 Å². The van der Waals surface area contributed by atoms with Gasteiger partial charge in [-0.25, -0.2) is 0 Å². The molecule has 0 spiro atoms. The van der Waals surface area contributed by atoms with Gasteiger partial charge >= 0.3 is 0 Å². The summed E-state index contributed by atoms with van der Waals surface area (Å²) >= 11 is 0. The van der Waals surface area contributed by atoms with E-state index in [1.165, 1.54) is 19.3 Å². The van der Waals surface area contributed by atoms with Crippen LogP contribution in [0.15, 0.2) is 0 Å². The van der Waals surface area contributed by atoms with Crippen LogP contribution in [0.25, 0.3) is 0 Å². The highest BCUT2D eigenvalue weighted by Gasteiger charge is 2.33. The fourth-order valence-electron chi connectivity index (χ4n) is 2.61. The number of ether oxygens (including phenoxy) is 2. The monoisotopic (exact) mass is 256 g/mol. The maximum absolute atomic E-state index is 6.22. The molecule has 3 atom stereocenters. The van der Waals surface area contributed by atoms with E-state index in [1.54, 1.807) is 0 Å². The molecule has 0 amide bonds. The second-order valence-corrected chi connectivity index (χ2v) is 7.87. The minimum absolute atomic E-state index is 0.0486. The van der Waals surface area contributed by atoms with E-state index in [2.05, 4.69) is 48.5 Å². The minimum atomic E-state index is -0.0504. The molecule has 18 heavy (non-hydrogen) atoms. The van der Waals surface area contributed by atoms with Crippen LogP contribution in [0.2, 0.25) is 0 Å². The molecule has 108 valence electrons. The van der Waals surface area contributed by atoms with E-state index in [1.807, 2.05) is 0 Å². The summed E-state index contributed by atoms with van der Waals surface area (Å²) in [6, 6.07) is 0. The van der Waals surface area contributed by atoms with Crippen LogP contribution in [0.1, 0.15) is 67.7 Å². The summed E-state index contributed by atoms with van der Waals surface area (Å²) in [7, 11) is 0. The summed E-state index contributed by atoms with van der Waals surface area (Å²) in [5, 5.41) is 0. The maximum Gasteiger partial charge on any atom is 0.0632 e. The van der Waals surface area contributed by atoms with E-state index in [0.717, 1.165) is 12.5 Å². The first-order valence-electron chi connectivity index (χ1n) is 7.38. The Morgan fingerprint density at radius 3 is 2.06 bits per heavy atom. The Bertz CT molecular complexity index is 247. The molecule has 0 N–H and O–H groups in total. The quantitative estimate of drug-likeness (QED) is 0.744. The molecule has 1 aliphatic carbocycles. The van der Waals surface area contributed by atoms with Crippen LogP contribution in [0.4, 0.5) is 0 Å². The molecule has 0 saturated heterocycles. The lowest BCUT2D eigenvalue weighted by Crippen LogP contribution is -2.40. The molecular weight excluding hydrogens is 224 g/mol. The van der Waals surface area contributed by atoms with Crippen molar-refractivity contribution in [2.24, 2.45) is 11.8 Å². The van der Waals surface area contributed by atoms with Gasteiger partial charge in [0.15, 0.2) is 0 Å². The van der Waals surface area contributed by atoms with E-state index < -0.39 is 0 Å². The normalized spacial score (nSPS) is 30.5. The molecular formula is C16H32O2. The van der Waals surface area contributed by atoms with E-state index in [9.17, 15) is 0 Å². The van der Waals surface area contributed by atoms with Crippen molar-refractivity contribution in [3.05, 3.63) is 0 Å². The predicted molar refractivity (Wildman–Crippen MR) is 76.8 cm³/mol. The van der Waals surface area contributed by atoms with Crippen molar-refractivity contribution in [3.63, 3.8) is 0 Å². The fourth-order valence-corrected chi connectivity index (χ4v) is 2.61. The Morgan fingerprint density at radius 1 is 0.944 bits per heavy atom. The summed E-state index contributed by atoms with van der Waals surface area (Å²) in [6.07, 6.45) is 4.06. The van der Waals surface area contributed by atoms with Gasteiger partial charge in [-0.15, -0.1) is 0 Å². The Balaban J connectivity index is 2.57. The zero-order valence-corrected chi connectivity index (χ0v) is 13.4. The van der Waals surface area contributed by atoms with Gasteiger partial charge in [-0.3, -0.25) is 0 Å². The Hall–Kier alpha value is -0.0800. The Kier molecular flexibility index (Phi) is 5.25. The second-order valence-electron chi connectivity index (χ2n) is 7.87. The Morgan fingerprint density at radius 2 is 1.56 bits per heavy atom. The molecule has 2 unspecified atom stereocenters. The van der Waals surface area contributed by atoms with Gasteiger partial charge in [0.25, 0.3) is 0 Å². The van der Waals surface area contributed by atoms with Gasteiger partial charge in [-0.2, -0.15) is 0 Å². The molecule has 0 aromatic rings. The van der Waals surface area contributed by atoms with Crippen LogP contribution in [0, 0.1) is 11.8 Å². The third kappa shape index (κ3) is 6.19. The van der Waals surface area contributed by atoms with Crippen molar-refractivity contribution in [2.45, 2.75) is 85.0 Å². The maximum atomic E-state index is 6.22. The fraction of sp³-hybridized carbons (Fsp3) is 1.00. The molecule has 0 aromatic heterocycles. The predicted octanol–water partition coefficient (Wildman–Crippen LogP) is 4.42. The van der Waals surface area contributed by atoms with E-state index in [4.69, 9.17) is 9.47 Å². The smallest absolute Gasteiger partial charge is 0.0632 e. The van der Waals surface area contributed by atoms with Crippen LogP contribution >= 0.6 is 0 Å². The highest BCUT2D eigenvalue weighted by atomic mass is 16.5. The molecule has 1 aliphatic rings. The second kappa shape index (κ2) is 5.92. The topological polar surface area (TPSA) is 18.5 Å². The lowest BCUT2D eigenvalue weighted by atomic mass is 9.80. The van der Waals surface area contributed by atoms with Crippen LogP contribution < -0.4 is 0 Å². The lowest BCUT2D eigenvalue weighted by Gasteiger charge is -2.39. The standard InChI is InChI=1S/C16H32O2/c1-12-8-9-14(18-16(5,6)7)13(10-12)11-17-15(2,3)4/h12-14H,8-11H2,1-7H3/t12?,13-,14?/m1/s1. The summed E-state index contributed by atoms with van der Waals surface area (Å²) in [4.78, 5) is 0. The zero-order valence-electron chi connectivity index (χ0n) is 13.4. The third-order valence-electron chi connectivity index (χ3n) is 3.41. The highest BCUT2D eigenvalue weighted by molar-refractivity contribution is 4.82. The molecule has 1 rings (SSSR count). The van der Waals surface area contributed by atoms with Crippen LogP contribution in [-0.2, 0) is 9.47 Å². The van der Waals surface area contributed by atoms with Crippen molar-refractivity contribution in [2.75, 3.05) is 6.61 Å². The first kappa shape index (κ1) is 16.0. The number of rotatable bonds is 3. The van der Waals surface area contributed by atoms with Gasteiger partial charge in [-0.05, 0) is 66.7 Å². The van der Waals surface area contributed by atoms with Crippen molar-refractivity contribution in [1.29, 1.82) is 0 Å². The first-order chi connectivity index (χ1) is 8.07. The summed E-state index contributed by atoms with van der Waals surface area (Å²) in [5.41, 5.74) is -0.0990. The van der Waals surface area contributed by atoms with Gasteiger partial charge in [-0.1, -0.05) is 6.92 Å². The van der Waals surface area contributed by atoms with Crippen LogP contribution in [-0.4, -0.2) is 23.9 Å². The zero-order chi connectivity index (χ0) is 14.0. The highest BCUT2D eigenvalue weighted by Crippen LogP contribution is 2.34. The molecule has 0 radical (unpaired) electrons. The summed E-state index contributed by atoms with van der Waals surface area (Å²) < 4.78 is 12.2. The van der Waals surface area contributed by atoms with E-state index in [0.29, 0.717) is 12.0 Å². The van der Waals surface area contributed by atoms with Gasteiger partial charge in [0.2, 0.25) is 0 Å². The largest absolute Gasteiger partial charge is 0.375 e. The van der Waals surface area contributed by atoms with E-state index >= 15 is 0 Å². The summed E-state index contributed by atoms with van der Waals surface area (Å²) in [5.74, 6) is 1.35. The molecule has 0 bridgehead atoms. The van der Waals surface area contributed by atoms with Crippen LogP contribution in [0.3, 0.4) is 0 Å². The van der Waals surface area contributed by atoms with Crippen molar-refractivity contribution >= 4 is 0 Å². The lowest BCUT2D eigenvalue weighted by molar-refractivity contribution is -0.131. The third-order valence-corrected chi connectivity index (χ3v) is 3.41. The van der Waals surface area contributed by atoms with E-state index in [-0.39, 0.29) is 11.2 Å². The Labute approximate surface area is 113 Å². The molecule has 0 aliphatic heterocycles. The number of hydrogen-bond donors (Lipinski definition) is 0. The number of hydrogen-bond acceptors (Lipinski definition) is 2. The summed E-state index contributed by atoms with van der Waals surface area (Å²) in [6.45, 7) is 16.0. The minimum Gasteiger partial charge on any atom is -0.375 e. The van der Waals surface area contributed by atoms with Crippen molar-refractivity contribution < 1.29 is 9.47 Å². The van der Waals surface area contributed by atoms with Gasteiger partial charge in [0.05, 0.1) is 23.9 Å². The van der Waals surface area contributed by atoms with Crippen LogP contribution in [0.5, 0.6) is 0 Å². The molecule has 1 fully saturated rings. The molecule has 0 heterocycles. The van der Waals surface area contributed by atoms with Gasteiger partial charge in [0, 0.05) is 5.92 Å². The average molecular weight is 256 g/mol. The molecule has 2 heteroatoms. The molecule has 2 nitrogen and oxygen atoms in total. The van der Waals surface area contributed by atoms with Gasteiger partial charge in [0.1, 0.15) is 0 Å². The van der Waals surface area contributed by atoms with Crippen molar-refractivity contribution in [3.8, 4) is 0 Å².